The molecular formula is C10H21Cl2O2-. The van der Waals surface area contributed by atoms with Crippen LogP contribution < -0.4 is 5.11 Å². The molecule has 0 atom stereocenters. The summed E-state index contributed by atoms with van der Waals surface area (Å²) in [5.41, 5.74) is 0. The number of rotatable bonds is 4. The van der Waals surface area contributed by atoms with Gasteiger partial charge in [-0.1, -0.05) is 46.0 Å². The fraction of sp³-hybridized carbons (Fsp3) is 0.900. The first kappa shape index (κ1) is 19.6. The number of unbranched alkanes of at least 4 members (excludes halogenated alkanes) is 4. The highest BCUT2D eigenvalue weighted by Crippen LogP contribution is 2.00. The van der Waals surface area contributed by atoms with Crippen LogP contribution in [-0.2, 0) is 4.79 Å². The number of carbonyl (C=O) groups excluding carboxylic acids is 1. The van der Waals surface area contributed by atoms with Crippen LogP contribution in [0.4, 0.5) is 0 Å². The van der Waals surface area contributed by atoms with Crippen LogP contribution in [0.5, 0.6) is 0 Å². The maximum atomic E-state index is 8.89. The Morgan fingerprint density at radius 2 is 1.29 bits per heavy atom. The van der Waals surface area contributed by atoms with Gasteiger partial charge in [-0.2, -0.15) is 0 Å². The van der Waals surface area contributed by atoms with Crippen molar-refractivity contribution >= 4 is 29.2 Å². The first-order chi connectivity index (χ1) is 6.56. The van der Waals surface area contributed by atoms with E-state index in [2.05, 4.69) is 13.8 Å². The second-order valence-electron chi connectivity index (χ2n) is 2.65. The van der Waals surface area contributed by atoms with E-state index in [0.29, 0.717) is 0 Å². The van der Waals surface area contributed by atoms with Crippen LogP contribution in [0, 0.1) is 0 Å². The molecule has 88 valence electrons. The van der Waals surface area contributed by atoms with E-state index in [1.54, 1.807) is 0 Å². The van der Waals surface area contributed by atoms with E-state index in [4.69, 9.17) is 33.1 Å². The lowest BCUT2D eigenvalue weighted by Gasteiger charge is -1.90. The molecule has 0 saturated carbocycles. The minimum Gasteiger partial charge on any atom is -0.550 e. The van der Waals surface area contributed by atoms with Gasteiger partial charge in [-0.05, 0) is 6.92 Å². The summed E-state index contributed by atoms with van der Waals surface area (Å²) in [5.74, 6) is -1.08. The second-order valence-corrected chi connectivity index (χ2v) is 3.46. The van der Waals surface area contributed by atoms with Gasteiger partial charge in [0.2, 0.25) is 0 Å². The lowest BCUT2D eigenvalue weighted by molar-refractivity contribution is -0.302. The molecule has 0 rings (SSSR count). The van der Waals surface area contributed by atoms with Gasteiger partial charge < -0.3 is 9.90 Å². The van der Waals surface area contributed by atoms with E-state index in [1.165, 1.54) is 32.1 Å². The van der Waals surface area contributed by atoms with E-state index in [0.717, 1.165) is 6.92 Å². The summed E-state index contributed by atoms with van der Waals surface area (Å²) in [5, 5.41) is 9.08. The number of hydrogen-bond acceptors (Lipinski definition) is 2. The molecule has 0 N–H and O–H groups in total. The van der Waals surface area contributed by atoms with Gasteiger partial charge in [0, 0.05) is 5.97 Å². The molecule has 0 bridgehead atoms. The van der Waals surface area contributed by atoms with Gasteiger partial charge in [0.25, 0.3) is 0 Å². The van der Waals surface area contributed by atoms with Crippen molar-refractivity contribution in [3.05, 3.63) is 0 Å². The van der Waals surface area contributed by atoms with Crippen LogP contribution in [0.3, 0.4) is 0 Å². The molecule has 0 spiro atoms. The van der Waals surface area contributed by atoms with E-state index in [-0.39, 0.29) is 5.34 Å². The molecule has 4 heteroatoms. The van der Waals surface area contributed by atoms with Crippen molar-refractivity contribution in [2.75, 3.05) is 5.34 Å². The quantitative estimate of drug-likeness (QED) is 0.563. The average molecular weight is 244 g/mol. The minimum absolute atomic E-state index is 0.194. The maximum absolute atomic E-state index is 8.89. The molecule has 0 aromatic heterocycles. The number of hydrogen-bond donors (Lipinski definition) is 0. The molecule has 0 radical (unpaired) electrons. The Hall–Kier alpha value is 0.0500. The SMILES string of the molecule is CC(=O)[O-].CCCCCCC.ClCCl. The third-order valence-corrected chi connectivity index (χ3v) is 1.21. The Morgan fingerprint density at radius 1 is 1.07 bits per heavy atom. The fourth-order valence-electron chi connectivity index (χ4n) is 0.677. The first-order valence-corrected chi connectivity index (χ1v) is 5.93. The van der Waals surface area contributed by atoms with Gasteiger partial charge in [0.15, 0.2) is 0 Å². The number of aliphatic carboxylic acids is 1. The highest BCUT2D eigenvalue weighted by molar-refractivity contribution is 6.40. The lowest BCUT2D eigenvalue weighted by Crippen LogP contribution is -2.16. The number of carboxylic acid groups (broad SMARTS) is 1. The molecule has 14 heavy (non-hydrogen) atoms. The van der Waals surface area contributed by atoms with Gasteiger partial charge in [-0.15, -0.1) is 23.2 Å². The van der Waals surface area contributed by atoms with Crippen molar-refractivity contribution in [3.63, 3.8) is 0 Å². The Morgan fingerprint density at radius 3 is 1.43 bits per heavy atom. The van der Waals surface area contributed by atoms with Gasteiger partial charge in [0.1, 0.15) is 0 Å². The molecule has 0 aliphatic carbocycles. The topological polar surface area (TPSA) is 40.1 Å². The maximum Gasteiger partial charge on any atom is 0.0967 e. The van der Waals surface area contributed by atoms with Crippen molar-refractivity contribution in [1.29, 1.82) is 0 Å². The second kappa shape index (κ2) is 23.1. The fourth-order valence-corrected chi connectivity index (χ4v) is 0.677. The largest absolute Gasteiger partial charge is 0.550 e. The zero-order chi connectivity index (χ0) is 11.8. The van der Waals surface area contributed by atoms with Gasteiger partial charge in [0.05, 0.1) is 5.34 Å². The summed E-state index contributed by atoms with van der Waals surface area (Å²) in [6, 6.07) is 0. The normalized spacial score (nSPS) is 7.79. The molecule has 0 aromatic rings. The van der Waals surface area contributed by atoms with Crippen molar-refractivity contribution in [2.45, 2.75) is 52.9 Å². The molecule has 2 nitrogen and oxygen atoms in total. The summed E-state index contributed by atoms with van der Waals surface area (Å²) in [7, 11) is 0. The monoisotopic (exact) mass is 243 g/mol. The number of carbonyl (C=O) groups is 1. The standard InChI is InChI=1S/C7H16.C2H4O2.CH2Cl2/c1-3-5-7-6-4-2;1-2(3)4;2-1-3/h3-7H2,1-2H3;1H3,(H,3,4);1H2/p-1. The Bertz CT molecular complexity index is 90.1. The highest BCUT2D eigenvalue weighted by atomic mass is 35.5. The molecule has 0 aliphatic heterocycles. The van der Waals surface area contributed by atoms with Gasteiger partial charge in [-0.25, -0.2) is 0 Å². The molecule has 0 unspecified atom stereocenters. The van der Waals surface area contributed by atoms with Crippen LogP contribution >= 0.6 is 23.2 Å². The van der Waals surface area contributed by atoms with Crippen LogP contribution in [0.2, 0.25) is 0 Å². The molecule has 0 fully saturated rings. The predicted octanol–water partition coefficient (Wildman–Crippen LogP) is 3.15. The van der Waals surface area contributed by atoms with E-state index < -0.39 is 5.97 Å². The van der Waals surface area contributed by atoms with Crippen molar-refractivity contribution in [1.82, 2.24) is 0 Å². The van der Waals surface area contributed by atoms with Crippen LogP contribution in [-0.4, -0.2) is 11.3 Å². The zero-order valence-corrected chi connectivity index (χ0v) is 10.8. The molecule has 0 amide bonds. The molecule has 0 aliphatic rings. The van der Waals surface area contributed by atoms with Crippen molar-refractivity contribution < 1.29 is 9.90 Å². The molecule has 0 aromatic carbocycles. The average Bonchev–Trinajstić information content (AvgIpc) is 2.06. The summed E-state index contributed by atoms with van der Waals surface area (Å²) >= 11 is 9.53. The van der Waals surface area contributed by atoms with Gasteiger partial charge >= 0.3 is 0 Å². The van der Waals surface area contributed by atoms with E-state index >= 15 is 0 Å². The number of halogens is 2. The van der Waals surface area contributed by atoms with Gasteiger partial charge in [-0.3, -0.25) is 0 Å². The van der Waals surface area contributed by atoms with E-state index in [1.807, 2.05) is 0 Å². The Balaban J connectivity index is -0.000000147. The summed E-state index contributed by atoms with van der Waals surface area (Å²) in [6.07, 6.45) is 7.01. The van der Waals surface area contributed by atoms with Crippen molar-refractivity contribution in [3.8, 4) is 0 Å². The smallest absolute Gasteiger partial charge is 0.0967 e. The zero-order valence-electron chi connectivity index (χ0n) is 9.32. The third-order valence-electron chi connectivity index (χ3n) is 1.21. The Kier molecular flexibility index (Phi) is 32.4. The van der Waals surface area contributed by atoms with Crippen LogP contribution in [0.15, 0.2) is 0 Å². The molecular weight excluding hydrogens is 223 g/mol. The molecule has 0 saturated heterocycles. The summed E-state index contributed by atoms with van der Waals surface area (Å²) in [6.45, 7) is 5.46. The summed E-state index contributed by atoms with van der Waals surface area (Å²) in [4.78, 5) is 8.89. The summed E-state index contributed by atoms with van der Waals surface area (Å²) < 4.78 is 0. The van der Waals surface area contributed by atoms with Crippen LogP contribution in [0.1, 0.15) is 52.9 Å². The molecule has 0 heterocycles. The lowest BCUT2D eigenvalue weighted by atomic mass is 10.2. The highest BCUT2D eigenvalue weighted by Gasteiger charge is 1.80. The number of carboxylic acids is 1. The van der Waals surface area contributed by atoms with Crippen LogP contribution in [0.25, 0.3) is 0 Å². The third kappa shape index (κ3) is 89.7. The Labute approximate surface area is 97.6 Å². The predicted molar refractivity (Wildman–Crippen MR) is 61.7 cm³/mol. The van der Waals surface area contributed by atoms with Crippen molar-refractivity contribution in [2.24, 2.45) is 0 Å². The van der Waals surface area contributed by atoms with E-state index in [9.17, 15) is 0 Å². The first-order valence-electron chi connectivity index (χ1n) is 4.86. The number of alkyl halides is 2. The minimum atomic E-state index is -1.08.